The number of amides is 1. The van der Waals surface area contributed by atoms with Crippen LogP contribution in [0.2, 0.25) is 0 Å². The summed E-state index contributed by atoms with van der Waals surface area (Å²) in [6.45, 7) is 0. The molecule has 0 saturated heterocycles. The molecule has 2 rings (SSSR count). The Hall–Kier alpha value is -1.50. The summed E-state index contributed by atoms with van der Waals surface area (Å²) in [6.07, 6.45) is 2.98. The second-order valence-electron chi connectivity index (χ2n) is 3.45. The van der Waals surface area contributed by atoms with Crippen LogP contribution in [0.1, 0.15) is 10.4 Å². The lowest BCUT2D eigenvalue weighted by Gasteiger charge is -2.18. The summed E-state index contributed by atoms with van der Waals surface area (Å²) in [5.41, 5.74) is 1.41. The summed E-state index contributed by atoms with van der Waals surface area (Å²) in [5.74, 6) is -0.0935. The van der Waals surface area contributed by atoms with Crippen LogP contribution in [-0.2, 0) is 0 Å². The van der Waals surface area contributed by atoms with Crippen LogP contribution in [0.3, 0.4) is 0 Å². The van der Waals surface area contributed by atoms with Crippen LogP contribution >= 0.6 is 22.6 Å². The van der Waals surface area contributed by atoms with Crippen LogP contribution in [0.4, 0.5) is 5.69 Å². The highest BCUT2D eigenvalue weighted by molar-refractivity contribution is 14.1. The van der Waals surface area contributed by atoms with Gasteiger partial charge in [-0.15, -0.1) is 0 Å². The Kier molecular flexibility index (Phi) is 3.68. The highest BCUT2D eigenvalue weighted by Gasteiger charge is 2.15. The normalized spacial score (nSPS) is 10.0. The van der Waals surface area contributed by atoms with Crippen LogP contribution in [0.15, 0.2) is 42.7 Å². The third kappa shape index (κ3) is 2.60. The van der Waals surface area contributed by atoms with E-state index in [0.717, 1.165) is 9.26 Å². The summed E-state index contributed by atoms with van der Waals surface area (Å²) in [7, 11) is 1.75. The second kappa shape index (κ2) is 5.22. The van der Waals surface area contributed by atoms with Gasteiger partial charge in [-0.3, -0.25) is 4.79 Å². The van der Waals surface area contributed by atoms with E-state index < -0.39 is 0 Å². The molecule has 4 nitrogen and oxygen atoms in total. The Labute approximate surface area is 113 Å². The van der Waals surface area contributed by atoms with Crippen molar-refractivity contribution in [2.45, 2.75) is 0 Å². The molecule has 5 heteroatoms. The molecule has 0 spiro atoms. The molecule has 0 aliphatic heterocycles. The SMILES string of the molecule is CN(C(=O)c1ccnnc1)c1ccccc1I. The molecule has 1 aromatic heterocycles. The van der Waals surface area contributed by atoms with Crippen molar-refractivity contribution in [3.05, 3.63) is 51.9 Å². The molecular weight excluding hydrogens is 329 g/mol. The number of hydrogen-bond acceptors (Lipinski definition) is 3. The predicted molar refractivity (Wildman–Crippen MR) is 73.9 cm³/mol. The van der Waals surface area contributed by atoms with Gasteiger partial charge in [0, 0.05) is 10.6 Å². The largest absolute Gasteiger partial charge is 0.310 e. The monoisotopic (exact) mass is 339 g/mol. The minimum Gasteiger partial charge on any atom is -0.310 e. The Morgan fingerprint density at radius 3 is 2.65 bits per heavy atom. The van der Waals surface area contributed by atoms with Gasteiger partial charge in [-0.2, -0.15) is 10.2 Å². The number of rotatable bonds is 2. The van der Waals surface area contributed by atoms with E-state index in [1.54, 1.807) is 18.0 Å². The first-order valence-corrected chi connectivity index (χ1v) is 6.07. The van der Waals surface area contributed by atoms with Gasteiger partial charge in [-0.05, 0) is 40.8 Å². The van der Waals surface area contributed by atoms with Gasteiger partial charge in [-0.25, -0.2) is 0 Å². The smallest absolute Gasteiger partial charge is 0.259 e. The molecule has 86 valence electrons. The van der Waals surface area contributed by atoms with Crippen LogP contribution < -0.4 is 4.90 Å². The van der Waals surface area contributed by atoms with Crippen molar-refractivity contribution >= 4 is 34.2 Å². The fourth-order valence-electron chi connectivity index (χ4n) is 1.44. The number of carbonyl (C=O) groups excluding carboxylic acids is 1. The third-order valence-corrected chi connectivity index (χ3v) is 3.26. The van der Waals surface area contributed by atoms with Crippen LogP contribution in [-0.4, -0.2) is 23.2 Å². The van der Waals surface area contributed by atoms with Crippen LogP contribution in [0.5, 0.6) is 0 Å². The highest BCUT2D eigenvalue weighted by atomic mass is 127. The molecule has 0 saturated carbocycles. The molecule has 1 heterocycles. The first-order chi connectivity index (χ1) is 8.20. The summed E-state index contributed by atoms with van der Waals surface area (Å²) in [5, 5.41) is 7.36. The Morgan fingerprint density at radius 1 is 1.24 bits per heavy atom. The molecule has 0 atom stereocenters. The molecule has 17 heavy (non-hydrogen) atoms. The van der Waals surface area contributed by atoms with Crippen molar-refractivity contribution in [2.75, 3.05) is 11.9 Å². The van der Waals surface area contributed by atoms with E-state index in [1.165, 1.54) is 12.4 Å². The fourth-order valence-corrected chi connectivity index (χ4v) is 2.19. The van der Waals surface area contributed by atoms with Gasteiger partial charge in [0.1, 0.15) is 0 Å². The average Bonchev–Trinajstić information content (AvgIpc) is 2.39. The van der Waals surface area contributed by atoms with E-state index in [-0.39, 0.29) is 5.91 Å². The third-order valence-electron chi connectivity index (χ3n) is 2.35. The maximum atomic E-state index is 12.2. The van der Waals surface area contributed by atoms with Gasteiger partial charge in [-0.1, -0.05) is 12.1 Å². The van der Waals surface area contributed by atoms with Crippen molar-refractivity contribution in [1.29, 1.82) is 0 Å². The molecule has 0 aliphatic carbocycles. The molecule has 0 bridgehead atoms. The number of anilines is 1. The summed E-state index contributed by atoms with van der Waals surface area (Å²) in [4.78, 5) is 13.8. The number of benzene rings is 1. The Balaban J connectivity index is 2.30. The van der Waals surface area contributed by atoms with Gasteiger partial charge in [0.2, 0.25) is 0 Å². The minimum atomic E-state index is -0.0935. The van der Waals surface area contributed by atoms with Crippen molar-refractivity contribution in [3.8, 4) is 0 Å². The molecule has 0 unspecified atom stereocenters. The number of aromatic nitrogens is 2. The van der Waals surface area contributed by atoms with Gasteiger partial charge in [0.25, 0.3) is 5.91 Å². The van der Waals surface area contributed by atoms with Gasteiger partial charge in [0.15, 0.2) is 0 Å². The standard InChI is InChI=1S/C12H10IN3O/c1-16(11-5-3-2-4-10(11)13)12(17)9-6-7-14-15-8-9/h2-8H,1H3. The number of para-hydroxylation sites is 1. The lowest BCUT2D eigenvalue weighted by molar-refractivity contribution is 0.0992. The predicted octanol–water partition coefficient (Wildman–Crippen LogP) is 2.36. The summed E-state index contributed by atoms with van der Waals surface area (Å²) >= 11 is 2.21. The lowest BCUT2D eigenvalue weighted by atomic mass is 10.2. The number of halogens is 1. The zero-order valence-electron chi connectivity index (χ0n) is 9.17. The zero-order valence-corrected chi connectivity index (χ0v) is 11.3. The Bertz CT molecular complexity index is 530. The number of carbonyl (C=O) groups is 1. The first kappa shape index (κ1) is 12.0. The Morgan fingerprint density at radius 2 is 2.00 bits per heavy atom. The molecule has 0 N–H and O–H groups in total. The van der Waals surface area contributed by atoms with Gasteiger partial charge < -0.3 is 4.90 Å². The molecule has 2 aromatic rings. The summed E-state index contributed by atoms with van der Waals surface area (Å²) < 4.78 is 1.03. The van der Waals surface area contributed by atoms with Crippen molar-refractivity contribution in [2.24, 2.45) is 0 Å². The zero-order chi connectivity index (χ0) is 12.3. The summed E-state index contributed by atoms with van der Waals surface area (Å²) in [6, 6.07) is 9.38. The van der Waals surface area contributed by atoms with Gasteiger partial charge in [0.05, 0.1) is 23.6 Å². The van der Waals surface area contributed by atoms with Crippen LogP contribution in [0, 0.1) is 3.57 Å². The molecule has 0 radical (unpaired) electrons. The molecule has 0 aliphatic rings. The van der Waals surface area contributed by atoms with Crippen molar-refractivity contribution in [3.63, 3.8) is 0 Å². The number of nitrogens with zero attached hydrogens (tertiary/aromatic N) is 3. The van der Waals surface area contributed by atoms with E-state index in [4.69, 9.17) is 0 Å². The highest BCUT2D eigenvalue weighted by Crippen LogP contribution is 2.22. The van der Waals surface area contributed by atoms with E-state index in [2.05, 4.69) is 32.8 Å². The molecule has 1 amide bonds. The minimum absolute atomic E-state index is 0.0935. The van der Waals surface area contributed by atoms with Crippen LogP contribution in [0.25, 0.3) is 0 Å². The first-order valence-electron chi connectivity index (χ1n) is 4.99. The topological polar surface area (TPSA) is 46.1 Å². The van der Waals surface area contributed by atoms with Crippen molar-refractivity contribution < 1.29 is 4.79 Å². The van der Waals surface area contributed by atoms with Gasteiger partial charge >= 0.3 is 0 Å². The maximum Gasteiger partial charge on any atom is 0.259 e. The second-order valence-corrected chi connectivity index (χ2v) is 4.61. The fraction of sp³-hybridized carbons (Fsp3) is 0.0833. The molecule has 1 aromatic carbocycles. The quantitative estimate of drug-likeness (QED) is 0.789. The lowest BCUT2D eigenvalue weighted by Crippen LogP contribution is -2.27. The van der Waals surface area contributed by atoms with E-state index in [0.29, 0.717) is 5.56 Å². The van der Waals surface area contributed by atoms with E-state index in [9.17, 15) is 4.79 Å². The van der Waals surface area contributed by atoms with Crippen molar-refractivity contribution in [1.82, 2.24) is 10.2 Å². The average molecular weight is 339 g/mol. The van der Waals surface area contributed by atoms with E-state index in [1.807, 2.05) is 24.3 Å². The number of hydrogen-bond donors (Lipinski definition) is 0. The van der Waals surface area contributed by atoms with E-state index >= 15 is 0 Å². The maximum absolute atomic E-state index is 12.2. The molecular formula is C12H10IN3O. The molecule has 0 fully saturated rings.